The number of carboxylic acids is 1. The summed E-state index contributed by atoms with van der Waals surface area (Å²) in [5.41, 5.74) is 1.06. The zero-order chi connectivity index (χ0) is 13.4. The van der Waals surface area contributed by atoms with Gasteiger partial charge in [0, 0.05) is 13.0 Å². The van der Waals surface area contributed by atoms with Crippen LogP contribution < -0.4 is 4.72 Å². The molecule has 0 spiro atoms. The molecule has 0 aliphatic heterocycles. The number of carboxylic acid groups (broad SMARTS) is 1. The first-order chi connectivity index (χ1) is 8.49. The monoisotopic (exact) mass is 271 g/mol. The van der Waals surface area contributed by atoms with Gasteiger partial charge in [-0.1, -0.05) is 30.3 Å². The molecule has 1 aromatic rings. The molecule has 18 heavy (non-hydrogen) atoms. The fourth-order valence-electron chi connectivity index (χ4n) is 1.48. The predicted molar refractivity (Wildman–Crippen MR) is 68.8 cm³/mol. The second-order valence-corrected chi connectivity index (χ2v) is 5.87. The molecule has 0 aromatic heterocycles. The Morgan fingerprint density at radius 2 is 1.89 bits per heavy atom. The summed E-state index contributed by atoms with van der Waals surface area (Å²) in [6.45, 7) is 0.333. The lowest BCUT2D eigenvalue weighted by Gasteiger charge is -2.06. The number of sulfonamides is 1. The summed E-state index contributed by atoms with van der Waals surface area (Å²) in [5, 5.41) is 8.42. The van der Waals surface area contributed by atoms with Gasteiger partial charge < -0.3 is 5.11 Å². The van der Waals surface area contributed by atoms with E-state index in [4.69, 9.17) is 5.11 Å². The summed E-state index contributed by atoms with van der Waals surface area (Å²) in [6.07, 6.45) is 0.634. The largest absolute Gasteiger partial charge is 0.481 e. The van der Waals surface area contributed by atoms with Crippen molar-refractivity contribution in [3.8, 4) is 0 Å². The van der Waals surface area contributed by atoms with Gasteiger partial charge in [0.1, 0.15) is 0 Å². The van der Waals surface area contributed by atoms with Crippen LogP contribution in [0.1, 0.15) is 18.4 Å². The van der Waals surface area contributed by atoms with Crippen LogP contribution in [0.15, 0.2) is 30.3 Å². The molecule has 6 heteroatoms. The van der Waals surface area contributed by atoms with Crippen molar-refractivity contribution in [3.05, 3.63) is 35.9 Å². The fraction of sp³-hybridized carbons (Fsp3) is 0.417. The van der Waals surface area contributed by atoms with Gasteiger partial charge in [-0.2, -0.15) is 0 Å². The Bertz CT molecular complexity index is 470. The molecule has 1 aromatic carbocycles. The Morgan fingerprint density at radius 3 is 2.50 bits per heavy atom. The minimum absolute atomic E-state index is 0.125. The summed E-state index contributed by atoms with van der Waals surface area (Å²) in [4.78, 5) is 10.3. The number of hydrogen-bond acceptors (Lipinski definition) is 3. The molecule has 0 atom stereocenters. The van der Waals surface area contributed by atoms with Gasteiger partial charge >= 0.3 is 5.97 Å². The molecule has 0 saturated heterocycles. The van der Waals surface area contributed by atoms with E-state index in [1.807, 2.05) is 30.3 Å². The molecular weight excluding hydrogens is 254 g/mol. The maximum Gasteiger partial charge on any atom is 0.303 e. The van der Waals surface area contributed by atoms with Gasteiger partial charge in [-0.05, 0) is 18.4 Å². The average Bonchev–Trinajstić information content (AvgIpc) is 2.29. The van der Waals surface area contributed by atoms with Gasteiger partial charge in [-0.15, -0.1) is 0 Å². The highest BCUT2D eigenvalue weighted by molar-refractivity contribution is 7.89. The summed E-state index contributed by atoms with van der Waals surface area (Å²) in [6, 6.07) is 9.56. The normalized spacial score (nSPS) is 11.3. The number of nitrogens with one attached hydrogen (secondary N) is 1. The lowest BCUT2D eigenvalue weighted by atomic mass is 10.2. The Kier molecular flexibility index (Phi) is 5.80. The van der Waals surface area contributed by atoms with Crippen LogP contribution in [0, 0.1) is 0 Å². The maximum atomic E-state index is 11.5. The molecule has 5 nitrogen and oxygen atoms in total. The zero-order valence-corrected chi connectivity index (χ0v) is 10.8. The highest BCUT2D eigenvalue weighted by Crippen LogP contribution is 1.99. The van der Waals surface area contributed by atoms with Crippen molar-refractivity contribution >= 4 is 16.0 Å². The topological polar surface area (TPSA) is 83.5 Å². The van der Waals surface area contributed by atoms with E-state index in [1.54, 1.807) is 0 Å². The van der Waals surface area contributed by atoms with E-state index in [-0.39, 0.29) is 18.6 Å². The highest BCUT2D eigenvalue weighted by Gasteiger charge is 2.10. The molecule has 0 radical (unpaired) electrons. The number of carbonyl (C=O) groups is 1. The van der Waals surface area contributed by atoms with Crippen molar-refractivity contribution in [2.24, 2.45) is 0 Å². The predicted octanol–water partition coefficient (Wildman–Crippen LogP) is 1.01. The van der Waals surface area contributed by atoms with Crippen molar-refractivity contribution < 1.29 is 18.3 Å². The molecule has 0 saturated carbocycles. The Labute approximate surface area is 107 Å². The van der Waals surface area contributed by atoms with Crippen LogP contribution in [-0.4, -0.2) is 31.8 Å². The Hall–Kier alpha value is -1.40. The summed E-state index contributed by atoms with van der Waals surface area (Å²) in [7, 11) is -3.36. The first-order valence-corrected chi connectivity index (χ1v) is 7.38. The fourth-order valence-corrected chi connectivity index (χ4v) is 2.56. The second kappa shape index (κ2) is 7.13. The molecule has 2 N–H and O–H groups in total. The van der Waals surface area contributed by atoms with Crippen molar-refractivity contribution in [3.63, 3.8) is 0 Å². The van der Waals surface area contributed by atoms with E-state index in [9.17, 15) is 13.2 Å². The molecule has 0 fully saturated rings. The second-order valence-electron chi connectivity index (χ2n) is 3.95. The van der Waals surface area contributed by atoms with Gasteiger partial charge in [-0.25, -0.2) is 13.1 Å². The van der Waals surface area contributed by atoms with E-state index in [0.29, 0.717) is 13.0 Å². The number of aliphatic carboxylic acids is 1. The minimum Gasteiger partial charge on any atom is -0.481 e. The van der Waals surface area contributed by atoms with Gasteiger partial charge in [0.05, 0.1) is 5.75 Å². The third-order valence-electron chi connectivity index (χ3n) is 2.38. The standard InChI is InChI=1S/C12H17NO4S/c14-12(15)7-4-10-18(16,17)13-9-8-11-5-2-1-3-6-11/h1-3,5-6,13H,4,7-10H2,(H,14,15). The van der Waals surface area contributed by atoms with E-state index in [0.717, 1.165) is 5.56 Å². The van der Waals surface area contributed by atoms with E-state index in [2.05, 4.69) is 4.72 Å². The smallest absolute Gasteiger partial charge is 0.303 e. The van der Waals surface area contributed by atoms with Crippen LogP contribution in [0.2, 0.25) is 0 Å². The maximum absolute atomic E-state index is 11.5. The third-order valence-corrected chi connectivity index (χ3v) is 3.85. The van der Waals surface area contributed by atoms with Crippen molar-refractivity contribution in [2.75, 3.05) is 12.3 Å². The van der Waals surface area contributed by atoms with Crippen molar-refractivity contribution in [2.45, 2.75) is 19.3 Å². The van der Waals surface area contributed by atoms with Crippen LogP contribution in [0.25, 0.3) is 0 Å². The summed E-state index contributed by atoms with van der Waals surface area (Å²) >= 11 is 0. The molecule has 100 valence electrons. The molecule has 0 bridgehead atoms. The average molecular weight is 271 g/mol. The molecule has 1 rings (SSSR count). The van der Waals surface area contributed by atoms with Crippen LogP contribution >= 0.6 is 0 Å². The lowest BCUT2D eigenvalue weighted by molar-refractivity contribution is -0.137. The Morgan fingerprint density at radius 1 is 1.22 bits per heavy atom. The molecule has 0 amide bonds. The van der Waals surface area contributed by atoms with Crippen LogP contribution in [0.3, 0.4) is 0 Å². The first-order valence-electron chi connectivity index (χ1n) is 5.73. The van der Waals surface area contributed by atoms with Crippen molar-refractivity contribution in [1.29, 1.82) is 0 Å². The van der Waals surface area contributed by atoms with Crippen LogP contribution in [-0.2, 0) is 21.2 Å². The van der Waals surface area contributed by atoms with Crippen LogP contribution in [0.4, 0.5) is 0 Å². The van der Waals surface area contributed by atoms with E-state index >= 15 is 0 Å². The SMILES string of the molecule is O=C(O)CCCS(=O)(=O)NCCc1ccccc1. The molecule has 0 aliphatic rings. The first kappa shape index (κ1) is 14.7. The van der Waals surface area contributed by atoms with Gasteiger partial charge in [0.2, 0.25) is 10.0 Å². The van der Waals surface area contributed by atoms with Gasteiger partial charge in [0.15, 0.2) is 0 Å². The molecule has 0 unspecified atom stereocenters. The molecule has 0 aliphatic carbocycles. The van der Waals surface area contributed by atoms with Crippen molar-refractivity contribution in [1.82, 2.24) is 4.72 Å². The number of hydrogen-bond donors (Lipinski definition) is 2. The summed E-state index contributed by atoms with van der Waals surface area (Å²) in [5.74, 6) is -1.12. The number of benzene rings is 1. The quantitative estimate of drug-likeness (QED) is 0.739. The molecule has 0 heterocycles. The molecular formula is C12H17NO4S. The van der Waals surface area contributed by atoms with E-state index in [1.165, 1.54) is 0 Å². The highest BCUT2D eigenvalue weighted by atomic mass is 32.2. The van der Waals surface area contributed by atoms with Gasteiger partial charge in [0.25, 0.3) is 0 Å². The van der Waals surface area contributed by atoms with Gasteiger partial charge in [-0.3, -0.25) is 4.79 Å². The summed E-state index contributed by atoms with van der Waals surface area (Å²) < 4.78 is 25.5. The number of rotatable bonds is 8. The zero-order valence-electron chi connectivity index (χ0n) is 10.0. The van der Waals surface area contributed by atoms with Crippen LogP contribution in [0.5, 0.6) is 0 Å². The Balaban J connectivity index is 2.27. The van der Waals surface area contributed by atoms with E-state index < -0.39 is 16.0 Å². The third kappa shape index (κ3) is 6.36. The lowest BCUT2D eigenvalue weighted by Crippen LogP contribution is -2.28. The minimum atomic E-state index is -3.36.